The zero-order chi connectivity index (χ0) is 19.2. The molecule has 0 spiro atoms. The highest BCUT2D eigenvalue weighted by molar-refractivity contribution is 9.10. The summed E-state index contributed by atoms with van der Waals surface area (Å²) in [4.78, 5) is 16.5. The number of rotatable bonds is 7. The van der Waals surface area contributed by atoms with Crippen LogP contribution in [0.5, 0.6) is 11.5 Å². The normalized spacial score (nSPS) is 14.7. The molecular weight excluding hydrogens is 410 g/mol. The van der Waals surface area contributed by atoms with Crippen LogP contribution >= 0.6 is 15.9 Å². The van der Waals surface area contributed by atoms with Gasteiger partial charge in [0, 0.05) is 5.56 Å². The molecule has 0 bridgehead atoms. The van der Waals surface area contributed by atoms with Gasteiger partial charge < -0.3 is 14.2 Å². The molecule has 1 aliphatic rings. The third-order valence-electron chi connectivity index (χ3n) is 3.62. The Hall–Kier alpha value is -2.86. The van der Waals surface area contributed by atoms with Crippen molar-refractivity contribution in [3.05, 3.63) is 76.4 Å². The quantitative estimate of drug-likeness (QED) is 0.363. The first-order valence-corrected chi connectivity index (χ1v) is 9.19. The van der Waals surface area contributed by atoms with E-state index in [0.717, 1.165) is 11.1 Å². The molecule has 0 amide bonds. The van der Waals surface area contributed by atoms with E-state index in [0.29, 0.717) is 35.1 Å². The summed E-state index contributed by atoms with van der Waals surface area (Å²) in [5, 5.41) is 0. The molecule has 0 unspecified atom stereocenters. The lowest BCUT2D eigenvalue weighted by Crippen LogP contribution is -2.05. The molecule has 1 heterocycles. The molecule has 0 saturated heterocycles. The van der Waals surface area contributed by atoms with Crippen LogP contribution in [-0.4, -0.2) is 25.1 Å². The molecule has 0 N–H and O–H groups in total. The van der Waals surface area contributed by atoms with Gasteiger partial charge in [0.1, 0.15) is 6.61 Å². The number of aliphatic imine (C=N–C) groups is 1. The van der Waals surface area contributed by atoms with Crippen LogP contribution in [0.1, 0.15) is 18.1 Å². The Labute approximate surface area is 166 Å². The Morgan fingerprint density at radius 2 is 2.00 bits per heavy atom. The van der Waals surface area contributed by atoms with Crippen molar-refractivity contribution in [2.45, 2.75) is 6.92 Å². The van der Waals surface area contributed by atoms with Crippen LogP contribution in [0.15, 0.2) is 70.3 Å². The molecule has 0 saturated carbocycles. The SMILES string of the molecule is C=CCOc1c(Br)cc(C=C2N=C(c3ccccc3)OC2=O)cc1OCC. The highest BCUT2D eigenvalue weighted by atomic mass is 79.9. The number of halogens is 1. The monoisotopic (exact) mass is 427 g/mol. The van der Waals surface area contributed by atoms with Gasteiger partial charge in [-0.05, 0) is 58.8 Å². The zero-order valence-electron chi connectivity index (χ0n) is 14.8. The van der Waals surface area contributed by atoms with Gasteiger partial charge in [0.2, 0.25) is 5.90 Å². The number of nitrogens with zero attached hydrogens (tertiary/aromatic N) is 1. The molecule has 0 aromatic heterocycles. The number of cyclic esters (lactones) is 1. The maximum atomic E-state index is 12.2. The van der Waals surface area contributed by atoms with Crippen molar-refractivity contribution in [3.63, 3.8) is 0 Å². The van der Waals surface area contributed by atoms with Gasteiger partial charge in [0.05, 0.1) is 11.1 Å². The van der Waals surface area contributed by atoms with Crippen LogP contribution in [0, 0.1) is 0 Å². The fraction of sp³-hybridized carbons (Fsp3) is 0.143. The van der Waals surface area contributed by atoms with Gasteiger partial charge in [-0.15, -0.1) is 0 Å². The van der Waals surface area contributed by atoms with Crippen molar-refractivity contribution in [2.75, 3.05) is 13.2 Å². The Balaban J connectivity index is 1.95. The van der Waals surface area contributed by atoms with Crippen LogP contribution in [0.4, 0.5) is 0 Å². The highest BCUT2D eigenvalue weighted by Crippen LogP contribution is 2.37. The number of esters is 1. The largest absolute Gasteiger partial charge is 0.490 e. The van der Waals surface area contributed by atoms with E-state index < -0.39 is 5.97 Å². The number of ether oxygens (including phenoxy) is 3. The fourth-order valence-electron chi connectivity index (χ4n) is 2.49. The lowest BCUT2D eigenvalue weighted by atomic mass is 10.1. The second-order valence-electron chi connectivity index (χ2n) is 5.56. The smallest absolute Gasteiger partial charge is 0.363 e. The van der Waals surface area contributed by atoms with Crippen molar-refractivity contribution in [2.24, 2.45) is 4.99 Å². The van der Waals surface area contributed by atoms with Gasteiger partial charge in [0.15, 0.2) is 17.2 Å². The molecule has 6 heteroatoms. The second kappa shape index (κ2) is 8.68. The summed E-state index contributed by atoms with van der Waals surface area (Å²) in [7, 11) is 0. The first kappa shape index (κ1) is 18.9. The van der Waals surface area contributed by atoms with Crippen molar-refractivity contribution in [3.8, 4) is 11.5 Å². The van der Waals surface area contributed by atoms with Crippen molar-refractivity contribution < 1.29 is 19.0 Å². The molecule has 0 fully saturated rings. The molecule has 138 valence electrons. The maximum absolute atomic E-state index is 12.2. The molecular formula is C21H18BrNO4. The van der Waals surface area contributed by atoms with Gasteiger partial charge in [-0.2, -0.15) is 0 Å². The lowest BCUT2D eigenvalue weighted by Gasteiger charge is -2.13. The summed E-state index contributed by atoms with van der Waals surface area (Å²) in [6.45, 7) is 6.38. The summed E-state index contributed by atoms with van der Waals surface area (Å²) in [6, 6.07) is 12.9. The standard InChI is InChI=1S/C21H18BrNO4/c1-3-10-26-19-16(22)11-14(13-18(19)25-4-2)12-17-21(24)27-20(23-17)15-8-6-5-7-9-15/h3,5-9,11-13H,1,4,10H2,2H3. The minimum Gasteiger partial charge on any atom is -0.490 e. The van der Waals surface area contributed by atoms with E-state index >= 15 is 0 Å². The molecule has 0 radical (unpaired) electrons. The third-order valence-corrected chi connectivity index (χ3v) is 4.21. The van der Waals surface area contributed by atoms with E-state index in [9.17, 15) is 4.79 Å². The number of hydrogen-bond donors (Lipinski definition) is 0. The zero-order valence-corrected chi connectivity index (χ0v) is 16.4. The minimum absolute atomic E-state index is 0.225. The number of hydrogen-bond acceptors (Lipinski definition) is 5. The molecule has 5 nitrogen and oxygen atoms in total. The third kappa shape index (κ3) is 4.46. The van der Waals surface area contributed by atoms with Gasteiger partial charge in [-0.3, -0.25) is 0 Å². The first-order chi connectivity index (χ1) is 13.1. The Morgan fingerprint density at radius 1 is 1.22 bits per heavy atom. The molecule has 3 rings (SSSR count). The summed E-state index contributed by atoms with van der Waals surface area (Å²) in [5.74, 6) is 0.956. The summed E-state index contributed by atoms with van der Waals surface area (Å²) >= 11 is 3.49. The van der Waals surface area contributed by atoms with Crippen LogP contribution < -0.4 is 9.47 Å². The predicted octanol–water partition coefficient (Wildman–Crippen LogP) is 4.76. The summed E-state index contributed by atoms with van der Waals surface area (Å²) in [5.41, 5.74) is 1.71. The van der Waals surface area contributed by atoms with Crippen molar-refractivity contribution in [1.29, 1.82) is 0 Å². The van der Waals surface area contributed by atoms with Crippen molar-refractivity contribution >= 4 is 33.9 Å². The van der Waals surface area contributed by atoms with Crippen LogP contribution in [0.3, 0.4) is 0 Å². The Kier molecular flexibility index (Phi) is 6.08. The molecule has 27 heavy (non-hydrogen) atoms. The predicted molar refractivity (Wildman–Crippen MR) is 108 cm³/mol. The second-order valence-corrected chi connectivity index (χ2v) is 6.42. The van der Waals surface area contributed by atoms with E-state index in [1.807, 2.05) is 43.3 Å². The first-order valence-electron chi connectivity index (χ1n) is 8.40. The van der Waals surface area contributed by atoms with Crippen LogP contribution in [0.2, 0.25) is 0 Å². The summed E-state index contributed by atoms with van der Waals surface area (Å²) in [6.07, 6.45) is 3.31. The van der Waals surface area contributed by atoms with Crippen LogP contribution in [-0.2, 0) is 9.53 Å². The average Bonchev–Trinajstić information content (AvgIpc) is 3.03. The maximum Gasteiger partial charge on any atom is 0.363 e. The molecule has 0 atom stereocenters. The van der Waals surface area contributed by atoms with Gasteiger partial charge in [0.25, 0.3) is 0 Å². The van der Waals surface area contributed by atoms with E-state index in [1.165, 1.54) is 0 Å². The van der Waals surface area contributed by atoms with E-state index in [2.05, 4.69) is 27.5 Å². The molecule has 2 aromatic carbocycles. The van der Waals surface area contributed by atoms with E-state index in [-0.39, 0.29) is 5.70 Å². The lowest BCUT2D eigenvalue weighted by molar-refractivity contribution is -0.129. The number of benzene rings is 2. The summed E-state index contributed by atoms with van der Waals surface area (Å²) < 4.78 is 17.3. The minimum atomic E-state index is -0.491. The number of carbonyl (C=O) groups excluding carboxylic acids is 1. The molecule has 2 aromatic rings. The van der Waals surface area contributed by atoms with E-state index in [1.54, 1.807) is 18.2 Å². The van der Waals surface area contributed by atoms with Gasteiger partial charge in [-0.1, -0.05) is 30.9 Å². The molecule has 1 aliphatic heterocycles. The van der Waals surface area contributed by atoms with Gasteiger partial charge in [-0.25, -0.2) is 9.79 Å². The van der Waals surface area contributed by atoms with Gasteiger partial charge >= 0.3 is 5.97 Å². The van der Waals surface area contributed by atoms with E-state index in [4.69, 9.17) is 14.2 Å². The van der Waals surface area contributed by atoms with Crippen molar-refractivity contribution in [1.82, 2.24) is 0 Å². The van der Waals surface area contributed by atoms with Crippen LogP contribution in [0.25, 0.3) is 6.08 Å². The topological polar surface area (TPSA) is 57.1 Å². The Bertz CT molecular complexity index is 919. The Morgan fingerprint density at radius 3 is 2.70 bits per heavy atom. The number of carbonyl (C=O) groups is 1. The molecule has 0 aliphatic carbocycles. The fourth-order valence-corrected chi connectivity index (χ4v) is 3.06. The average molecular weight is 428 g/mol. The highest BCUT2D eigenvalue weighted by Gasteiger charge is 2.24.